The van der Waals surface area contributed by atoms with Crippen molar-refractivity contribution in [2.45, 2.75) is 5.37 Å². The van der Waals surface area contributed by atoms with E-state index in [9.17, 15) is 14.9 Å². The number of non-ortho nitro benzene ring substituents is 1. The van der Waals surface area contributed by atoms with E-state index in [-0.39, 0.29) is 17.0 Å². The first-order valence-electron chi connectivity index (χ1n) is 8.30. The lowest BCUT2D eigenvalue weighted by Gasteiger charge is -2.25. The number of carbonyl (C=O) groups excluding carboxylic acids is 1. The summed E-state index contributed by atoms with van der Waals surface area (Å²) in [6.45, 7) is 0. The molecule has 1 saturated heterocycles. The largest absolute Gasteiger partial charge is 0.497 e. The molecule has 1 unspecified atom stereocenters. The predicted octanol–water partition coefficient (Wildman–Crippen LogP) is 4.58. The van der Waals surface area contributed by atoms with Gasteiger partial charge in [-0.15, -0.1) is 11.8 Å². The van der Waals surface area contributed by atoms with Gasteiger partial charge in [0.25, 0.3) is 5.69 Å². The highest BCUT2D eigenvalue weighted by Gasteiger charge is 2.36. The first-order valence-corrected chi connectivity index (χ1v) is 9.73. The van der Waals surface area contributed by atoms with Crippen molar-refractivity contribution in [3.8, 4) is 5.75 Å². The SMILES string of the molecule is COc1ccc2cc(C3SCC(=O)N3c3ccc([N+](=O)[O-])cc3)c(Cl)nc2c1. The first-order chi connectivity index (χ1) is 13.5. The van der Waals surface area contributed by atoms with Crippen LogP contribution in [-0.2, 0) is 4.79 Å². The molecule has 28 heavy (non-hydrogen) atoms. The van der Waals surface area contributed by atoms with Gasteiger partial charge in [-0.25, -0.2) is 4.98 Å². The van der Waals surface area contributed by atoms with Crippen molar-refractivity contribution in [1.29, 1.82) is 0 Å². The summed E-state index contributed by atoms with van der Waals surface area (Å²) >= 11 is 7.89. The van der Waals surface area contributed by atoms with Gasteiger partial charge in [-0.05, 0) is 30.3 Å². The summed E-state index contributed by atoms with van der Waals surface area (Å²) in [5.41, 5.74) is 1.97. The van der Waals surface area contributed by atoms with Crippen molar-refractivity contribution in [3.05, 3.63) is 69.4 Å². The number of benzene rings is 2. The highest BCUT2D eigenvalue weighted by atomic mass is 35.5. The van der Waals surface area contributed by atoms with Gasteiger partial charge in [-0.2, -0.15) is 0 Å². The molecule has 142 valence electrons. The molecule has 0 N–H and O–H groups in total. The highest BCUT2D eigenvalue weighted by molar-refractivity contribution is 8.00. The minimum absolute atomic E-state index is 0.0287. The lowest BCUT2D eigenvalue weighted by Crippen LogP contribution is -2.28. The molecule has 7 nitrogen and oxygen atoms in total. The molecule has 1 aliphatic rings. The van der Waals surface area contributed by atoms with E-state index in [1.165, 1.54) is 23.9 Å². The smallest absolute Gasteiger partial charge is 0.269 e. The fraction of sp³-hybridized carbons (Fsp3) is 0.158. The molecule has 3 aromatic rings. The van der Waals surface area contributed by atoms with Crippen molar-refractivity contribution in [1.82, 2.24) is 4.98 Å². The van der Waals surface area contributed by atoms with Crippen molar-refractivity contribution < 1.29 is 14.5 Å². The summed E-state index contributed by atoms with van der Waals surface area (Å²) in [5.74, 6) is 0.884. The van der Waals surface area contributed by atoms with Gasteiger partial charge >= 0.3 is 0 Å². The maximum Gasteiger partial charge on any atom is 0.269 e. The van der Waals surface area contributed by atoms with E-state index >= 15 is 0 Å². The number of amides is 1. The van der Waals surface area contributed by atoms with E-state index < -0.39 is 4.92 Å². The van der Waals surface area contributed by atoms with Gasteiger partial charge in [-0.1, -0.05) is 11.6 Å². The number of rotatable bonds is 4. The molecule has 1 amide bonds. The molecule has 1 aliphatic heterocycles. The summed E-state index contributed by atoms with van der Waals surface area (Å²) in [6, 6.07) is 13.3. The van der Waals surface area contributed by atoms with Crippen LogP contribution in [-0.4, -0.2) is 28.7 Å². The molecule has 0 saturated carbocycles. The number of pyridine rings is 1. The van der Waals surface area contributed by atoms with Crippen molar-refractivity contribution in [2.24, 2.45) is 0 Å². The van der Waals surface area contributed by atoms with Gasteiger partial charge in [0.15, 0.2) is 0 Å². The van der Waals surface area contributed by atoms with Gasteiger partial charge in [0, 0.05) is 34.8 Å². The zero-order valence-corrected chi connectivity index (χ0v) is 16.2. The summed E-state index contributed by atoms with van der Waals surface area (Å²) in [7, 11) is 1.58. The van der Waals surface area contributed by atoms with E-state index in [1.807, 2.05) is 18.2 Å². The molecular weight excluding hydrogens is 402 g/mol. The van der Waals surface area contributed by atoms with Gasteiger partial charge in [0.05, 0.1) is 23.3 Å². The van der Waals surface area contributed by atoms with E-state index in [1.54, 1.807) is 30.2 Å². The van der Waals surface area contributed by atoms with Crippen LogP contribution >= 0.6 is 23.4 Å². The zero-order valence-electron chi connectivity index (χ0n) is 14.7. The molecule has 9 heteroatoms. The van der Waals surface area contributed by atoms with Crippen LogP contribution in [0.3, 0.4) is 0 Å². The summed E-state index contributed by atoms with van der Waals surface area (Å²) in [6.07, 6.45) is 0. The molecule has 2 heterocycles. The van der Waals surface area contributed by atoms with Crippen LogP contribution in [0.1, 0.15) is 10.9 Å². The molecular formula is C19H14ClN3O4S. The number of thioether (sulfide) groups is 1. The molecule has 1 fully saturated rings. The van der Waals surface area contributed by atoms with Crippen molar-refractivity contribution in [3.63, 3.8) is 0 Å². The third-order valence-corrected chi connectivity index (χ3v) is 5.97. The van der Waals surface area contributed by atoms with Crippen LogP contribution in [0.5, 0.6) is 5.75 Å². The number of anilines is 1. The number of nitro benzene ring substituents is 1. The number of fused-ring (bicyclic) bond motifs is 1. The Balaban J connectivity index is 1.75. The number of ether oxygens (including phenoxy) is 1. The Morgan fingerprint density at radius 2 is 2.00 bits per heavy atom. The Hall–Kier alpha value is -2.84. The summed E-state index contributed by atoms with van der Waals surface area (Å²) in [4.78, 5) is 29.0. The number of hydrogen-bond donors (Lipinski definition) is 0. The Morgan fingerprint density at radius 1 is 1.25 bits per heavy atom. The van der Waals surface area contributed by atoms with Gasteiger partial charge in [0.1, 0.15) is 16.3 Å². The maximum absolute atomic E-state index is 12.5. The molecule has 0 spiro atoms. The predicted molar refractivity (Wildman–Crippen MR) is 109 cm³/mol. The number of nitro groups is 1. The lowest BCUT2D eigenvalue weighted by atomic mass is 10.1. The lowest BCUT2D eigenvalue weighted by molar-refractivity contribution is -0.384. The number of halogens is 1. The molecule has 1 atom stereocenters. The normalized spacial score (nSPS) is 16.6. The van der Waals surface area contributed by atoms with Crippen molar-refractivity contribution in [2.75, 3.05) is 17.8 Å². The van der Waals surface area contributed by atoms with Gasteiger partial charge in [-0.3, -0.25) is 19.8 Å². The Morgan fingerprint density at radius 3 is 2.68 bits per heavy atom. The topological polar surface area (TPSA) is 85.6 Å². The number of carbonyl (C=O) groups is 1. The fourth-order valence-electron chi connectivity index (χ4n) is 3.11. The number of aromatic nitrogens is 1. The van der Waals surface area contributed by atoms with Crippen LogP contribution in [0.15, 0.2) is 48.5 Å². The third-order valence-electron chi connectivity index (χ3n) is 4.48. The Kier molecular flexibility index (Phi) is 4.82. The van der Waals surface area contributed by atoms with Crippen LogP contribution < -0.4 is 9.64 Å². The monoisotopic (exact) mass is 415 g/mol. The van der Waals surface area contributed by atoms with Crippen molar-refractivity contribution >= 4 is 51.5 Å². The van der Waals surface area contributed by atoms with E-state index in [0.29, 0.717) is 33.4 Å². The van der Waals surface area contributed by atoms with Crippen LogP contribution in [0, 0.1) is 10.1 Å². The Bertz CT molecular complexity index is 1090. The van der Waals surface area contributed by atoms with E-state index in [2.05, 4.69) is 4.98 Å². The van der Waals surface area contributed by atoms with Gasteiger partial charge < -0.3 is 4.74 Å². The molecule has 0 aliphatic carbocycles. The fourth-order valence-corrected chi connectivity index (χ4v) is 4.61. The molecule has 4 rings (SSSR count). The van der Waals surface area contributed by atoms with E-state index in [0.717, 1.165) is 5.39 Å². The second-order valence-electron chi connectivity index (χ2n) is 6.13. The highest BCUT2D eigenvalue weighted by Crippen LogP contribution is 2.44. The maximum atomic E-state index is 12.5. The summed E-state index contributed by atoms with van der Waals surface area (Å²) in [5, 5.41) is 11.7. The number of hydrogen-bond acceptors (Lipinski definition) is 6. The minimum atomic E-state index is -0.472. The standard InChI is InChI=1S/C19H14ClN3O4S/c1-27-14-7-2-11-8-15(18(20)21-16(11)9-14)19-22(17(24)10-28-19)12-3-5-13(6-4-12)23(25)26/h2-9,19H,10H2,1H3. The minimum Gasteiger partial charge on any atom is -0.497 e. The molecule has 2 aromatic carbocycles. The van der Waals surface area contributed by atoms with Crippen LogP contribution in [0.25, 0.3) is 10.9 Å². The second-order valence-corrected chi connectivity index (χ2v) is 7.55. The molecule has 0 bridgehead atoms. The number of nitrogens with zero attached hydrogens (tertiary/aromatic N) is 3. The van der Waals surface area contributed by atoms with Crippen LogP contribution in [0.2, 0.25) is 5.15 Å². The first kappa shape index (κ1) is 18.5. The average molecular weight is 416 g/mol. The quantitative estimate of drug-likeness (QED) is 0.352. The molecule has 1 aromatic heterocycles. The second kappa shape index (κ2) is 7.29. The third kappa shape index (κ3) is 3.25. The van der Waals surface area contributed by atoms with E-state index in [4.69, 9.17) is 16.3 Å². The average Bonchev–Trinajstić information content (AvgIpc) is 3.08. The van der Waals surface area contributed by atoms with Crippen LogP contribution in [0.4, 0.5) is 11.4 Å². The molecule has 0 radical (unpaired) electrons. The Labute approximate surface area is 169 Å². The zero-order chi connectivity index (χ0) is 19.8. The number of methoxy groups -OCH3 is 1. The summed E-state index contributed by atoms with van der Waals surface area (Å²) < 4.78 is 5.22. The van der Waals surface area contributed by atoms with Gasteiger partial charge in [0.2, 0.25) is 5.91 Å².